The Hall–Kier alpha value is -0.640. The van der Waals surface area contributed by atoms with Crippen LogP contribution in [0.3, 0.4) is 0 Å². The second-order valence-electron chi connectivity index (χ2n) is 1.99. The van der Waals surface area contributed by atoms with Gasteiger partial charge in [-0.1, -0.05) is 0 Å². The molecule has 0 saturated carbocycles. The van der Waals surface area contributed by atoms with E-state index in [1.807, 2.05) is 0 Å². The van der Waals surface area contributed by atoms with Gasteiger partial charge in [0.25, 0.3) is 0 Å². The van der Waals surface area contributed by atoms with Crippen LogP contribution >= 0.6 is 0 Å². The number of hydrogen-bond acceptors (Lipinski definition) is 2. The van der Waals surface area contributed by atoms with Crippen molar-refractivity contribution in [1.29, 1.82) is 0 Å². The molecule has 60 valence electrons. The summed E-state index contributed by atoms with van der Waals surface area (Å²) in [5.74, 6) is -0.720. The molecule has 0 radical (unpaired) electrons. The van der Waals surface area contributed by atoms with E-state index < -0.39 is 5.97 Å². The molecule has 1 aliphatic heterocycles. The quantitative estimate of drug-likeness (QED) is 0.567. The van der Waals surface area contributed by atoms with Gasteiger partial charge in [-0.15, -0.1) is 0 Å². The van der Waals surface area contributed by atoms with Gasteiger partial charge in [-0.25, -0.2) is 0 Å². The zero-order valence-electron chi connectivity index (χ0n) is 5.93. The highest BCUT2D eigenvalue weighted by atomic mass is 19.1. The van der Waals surface area contributed by atoms with Crippen molar-refractivity contribution in [3.8, 4) is 0 Å². The molecule has 0 aliphatic carbocycles. The van der Waals surface area contributed by atoms with Crippen LogP contribution in [0.4, 0.5) is 4.39 Å². The topological polar surface area (TPSA) is 49.3 Å². The van der Waals surface area contributed by atoms with E-state index in [0.29, 0.717) is 7.18 Å². The number of aliphatic carboxylic acids is 1. The molecule has 10 heavy (non-hydrogen) atoms. The van der Waals surface area contributed by atoms with E-state index in [1.165, 1.54) is 0 Å². The van der Waals surface area contributed by atoms with Gasteiger partial charge in [-0.3, -0.25) is 9.18 Å². The molecular formula is C6H12FNO2. The fraction of sp³-hybridized carbons (Fsp3) is 0.833. The largest absolute Gasteiger partial charge is 0.480 e. The molecule has 4 heteroatoms. The zero-order chi connectivity index (χ0) is 7.98. The monoisotopic (exact) mass is 149 g/mol. The second-order valence-corrected chi connectivity index (χ2v) is 1.99. The summed E-state index contributed by atoms with van der Waals surface area (Å²) < 4.78 is 9.50. The Bertz CT molecular complexity index is 102. The standard InChI is InChI=1S/C5H9NO2.CH3F/c7-5(8)4-2-1-3-6-4;1-2/h4,6H,1-3H2,(H,7,8);1H3/t4-;/m0./s1. The van der Waals surface area contributed by atoms with Crippen molar-refractivity contribution < 1.29 is 14.3 Å². The van der Waals surface area contributed by atoms with Crippen molar-refractivity contribution >= 4 is 5.97 Å². The van der Waals surface area contributed by atoms with Crippen molar-refractivity contribution in [2.75, 3.05) is 13.7 Å². The first-order valence-electron chi connectivity index (χ1n) is 3.14. The lowest BCUT2D eigenvalue weighted by Gasteiger charge is -1.99. The van der Waals surface area contributed by atoms with Crippen LogP contribution in [0, 0.1) is 0 Å². The van der Waals surface area contributed by atoms with Gasteiger partial charge in [0.1, 0.15) is 6.04 Å². The first-order chi connectivity index (χ1) is 4.80. The minimum atomic E-state index is -0.720. The van der Waals surface area contributed by atoms with Crippen LogP contribution in [0.1, 0.15) is 12.8 Å². The average molecular weight is 149 g/mol. The highest BCUT2D eigenvalue weighted by Gasteiger charge is 2.20. The van der Waals surface area contributed by atoms with Gasteiger partial charge in [0.2, 0.25) is 0 Å². The van der Waals surface area contributed by atoms with E-state index in [9.17, 15) is 9.18 Å². The van der Waals surface area contributed by atoms with Crippen molar-refractivity contribution in [3.63, 3.8) is 0 Å². The summed E-state index contributed by atoms with van der Waals surface area (Å²) in [7, 11) is 0.500. The molecule has 1 fully saturated rings. The maximum Gasteiger partial charge on any atom is 0.320 e. The molecule has 1 aliphatic rings. The minimum Gasteiger partial charge on any atom is -0.480 e. The molecule has 0 aromatic rings. The molecule has 1 saturated heterocycles. The predicted molar refractivity (Wildman–Crippen MR) is 35.7 cm³/mol. The Morgan fingerprint density at radius 3 is 2.50 bits per heavy atom. The predicted octanol–water partition coefficient (Wildman–Crippen LogP) is 0.409. The fourth-order valence-electron chi connectivity index (χ4n) is 0.895. The first kappa shape index (κ1) is 9.36. The van der Waals surface area contributed by atoms with Gasteiger partial charge in [0.15, 0.2) is 0 Å². The molecule has 0 bridgehead atoms. The van der Waals surface area contributed by atoms with Gasteiger partial charge in [-0.05, 0) is 19.4 Å². The summed E-state index contributed by atoms with van der Waals surface area (Å²) in [4.78, 5) is 10.1. The van der Waals surface area contributed by atoms with E-state index in [1.54, 1.807) is 0 Å². The lowest BCUT2D eigenvalue weighted by atomic mass is 10.2. The number of carboxylic acid groups (broad SMARTS) is 1. The van der Waals surface area contributed by atoms with Gasteiger partial charge in [0, 0.05) is 0 Å². The van der Waals surface area contributed by atoms with Crippen LogP contribution in [0.25, 0.3) is 0 Å². The third kappa shape index (κ3) is 2.77. The fourth-order valence-corrected chi connectivity index (χ4v) is 0.895. The molecule has 0 amide bonds. The molecular weight excluding hydrogens is 137 g/mol. The van der Waals surface area contributed by atoms with Crippen LogP contribution < -0.4 is 5.32 Å². The van der Waals surface area contributed by atoms with Crippen LogP contribution in [-0.2, 0) is 4.79 Å². The molecule has 1 rings (SSSR count). The van der Waals surface area contributed by atoms with E-state index in [2.05, 4.69) is 5.32 Å². The summed E-state index contributed by atoms with van der Waals surface area (Å²) >= 11 is 0. The maximum absolute atomic E-state index is 10.1. The number of nitrogens with one attached hydrogen (secondary N) is 1. The van der Waals surface area contributed by atoms with Crippen LogP contribution in [0.2, 0.25) is 0 Å². The molecule has 0 unspecified atom stereocenters. The maximum atomic E-state index is 10.1. The van der Waals surface area contributed by atoms with Gasteiger partial charge < -0.3 is 10.4 Å². The lowest BCUT2D eigenvalue weighted by molar-refractivity contribution is -0.139. The minimum absolute atomic E-state index is 0.269. The van der Waals surface area contributed by atoms with E-state index in [4.69, 9.17) is 5.11 Å². The summed E-state index contributed by atoms with van der Waals surface area (Å²) in [6.45, 7) is 0.858. The average Bonchev–Trinajstić information content (AvgIpc) is 2.42. The highest BCUT2D eigenvalue weighted by Crippen LogP contribution is 2.03. The Balaban J connectivity index is 0.000000371. The first-order valence-corrected chi connectivity index (χ1v) is 3.14. The number of rotatable bonds is 1. The molecule has 1 atom stereocenters. The van der Waals surface area contributed by atoms with E-state index >= 15 is 0 Å². The Kier molecular flexibility index (Phi) is 4.84. The number of carboxylic acids is 1. The van der Waals surface area contributed by atoms with E-state index in [-0.39, 0.29) is 6.04 Å². The summed E-state index contributed by atoms with van der Waals surface area (Å²) in [6.07, 6.45) is 1.78. The molecule has 2 N–H and O–H groups in total. The summed E-state index contributed by atoms with van der Waals surface area (Å²) in [6, 6.07) is -0.269. The van der Waals surface area contributed by atoms with Crippen LogP contribution in [0.5, 0.6) is 0 Å². The third-order valence-corrected chi connectivity index (χ3v) is 1.36. The van der Waals surface area contributed by atoms with Crippen molar-refractivity contribution in [3.05, 3.63) is 0 Å². The Morgan fingerprint density at radius 2 is 2.30 bits per heavy atom. The number of carbonyl (C=O) groups is 1. The number of alkyl halides is 1. The van der Waals surface area contributed by atoms with Gasteiger partial charge >= 0.3 is 5.97 Å². The lowest BCUT2D eigenvalue weighted by Crippen LogP contribution is -2.29. The van der Waals surface area contributed by atoms with Crippen molar-refractivity contribution in [2.24, 2.45) is 0 Å². The summed E-state index contributed by atoms with van der Waals surface area (Å²) in [5, 5.41) is 11.2. The third-order valence-electron chi connectivity index (χ3n) is 1.36. The molecule has 0 aromatic heterocycles. The Labute approximate surface area is 59.2 Å². The highest BCUT2D eigenvalue weighted by molar-refractivity contribution is 5.73. The SMILES string of the molecule is CF.O=C(O)[C@@H]1CCCN1. The number of hydrogen-bond donors (Lipinski definition) is 2. The van der Waals surface area contributed by atoms with Crippen molar-refractivity contribution in [1.82, 2.24) is 5.32 Å². The van der Waals surface area contributed by atoms with Gasteiger partial charge in [-0.2, -0.15) is 0 Å². The Morgan fingerprint density at radius 1 is 1.70 bits per heavy atom. The number of halogens is 1. The smallest absolute Gasteiger partial charge is 0.320 e. The normalized spacial score (nSPS) is 23.2. The van der Waals surface area contributed by atoms with Gasteiger partial charge in [0.05, 0.1) is 7.18 Å². The molecule has 0 spiro atoms. The van der Waals surface area contributed by atoms with Crippen LogP contribution in [0.15, 0.2) is 0 Å². The second kappa shape index (κ2) is 5.17. The zero-order valence-corrected chi connectivity index (χ0v) is 5.93. The van der Waals surface area contributed by atoms with Crippen molar-refractivity contribution in [2.45, 2.75) is 18.9 Å². The molecule has 3 nitrogen and oxygen atoms in total. The summed E-state index contributed by atoms with van der Waals surface area (Å²) in [5.41, 5.74) is 0. The van der Waals surface area contributed by atoms with E-state index in [0.717, 1.165) is 19.4 Å². The molecule has 0 aromatic carbocycles. The molecule has 1 heterocycles. The van der Waals surface area contributed by atoms with Crippen LogP contribution in [-0.4, -0.2) is 30.8 Å².